The van der Waals surface area contributed by atoms with Gasteiger partial charge in [-0.2, -0.15) is 0 Å². The van der Waals surface area contributed by atoms with E-state index in [1.807, 2.05) is 6.92 Å². The molecule has 2 rings (SSSR count). The Morgan fingerprint density at radius 2 is 1.38 bits per heavy atom. The molecule has 2 aliphatic rings. The monoisotopic (exact) mass is 717 g/mol. The zero-order valence-electron chi connectivity index (χ0n) is 29.6. The van der Waals surface area contributed by atoms with Crippen molar-refractivity contribution in [1.82, 2.24) is 5.32 Å². The molecular weight excluding hydrogens is 654 g/mol. The van der Waals surface area contributed by atoms with Gasteiger partial charge in [0, 0.05) is 6.42 Å². The second-order valence-electron chi connectivity index (χ2n) is 13.0. The van der Waals surface area contributed by atoms with E-state index in [1.165, 1.54) is 0 Å². The number of aliphatic hydroxyl groups excluding tert-OH is 8. The van der Waals surface area contributed by atoms with Crippen LogP contribution in [0.4, 0.5) is 0 Å². The topological polar surface area (TPSA) is 228 Å². The molecule has 0 aromatic heterocycles. The predicted molar refractivity (Wildman–Crippen MR) is 184 cm³/mol. The smallest absolute Gasteiger partial charge is 0.220 e. The lowest BCUT2D eigenvalue weighted by Crippen LogP contribution is -2.65. The fourth-order valence-corrected chi connectivity index (χ4v) is 5.78. The van der Waals surface area contributed by atoms with Crippen molar-refractivity contribution >= 4 is 5.91 Å². The van der Waals surface area contributed by atoms with Gasteiger partial charge in [-0.25, -0.2) is 0 Å². The summed E-state index contributed by atoms with van der Waals surface area (Å²) in [5.41, 5.74) is 0. The molecule has 0 saturated carbocycles. The Morgan fingerprint density at radius 1 is 0.740 bits per heavy atom. The highest BCUT2D eigenvalue weighted by atomic mass is 16.7. The normalized spacial score (nSPS) is 31.9. The van der Waals surface area contributed by atoms with Gasteiger partial charge in [-0.05, 0) is 44.9 Å². The molecule has 0 aromatic carbocycles. The molecule has 12 unspecified atom stereocenters. The van der Waals surface area contributed by atoms with Gasteiger partial charge in [0.15, 0.2) is 12.6 Å². The van der Waals surface area contributed by atoms with Gasteiger partial charge in [0.05, 0.1) is 32.0 Å². The molecule has 9 N–H and O–H groups in total. The number of carbonyl (C=O) groups excluding carboxylic acids is 1. The number of carbonyl (C=O) groups is 1. The minimum atomic E-state index is -1.78. The Balaban J connectivity index is 1.89. The van der Waals surface area contributed by atoms with E-state index in [0.29, 0.717) is 12.8 Å². The van der Waals surface area contributed by atoms with Crippen LogP contribution in [0, 0.1) is 0 Å². The molecule has 14 nitrogen and oxygen atoms in total. The van der Waals surface area contributed by atoms with Crippen LogP contribution in [0.15, 0.2) is 36.5 Å². The Labute approximate surface area is 296 Å². The number of hydrogen-bond acceptors (Lipinski definition) is 13. The molecular formula is C36H63NO13. The van der Waals surface area contributed by atoms with Crippen molar-refractivity contribution in [1.29, 1.82) is 0 Å². The van der Waals surface area contributed by atoms with Gasteiger partial charge in [0.1, 0.15) is 48.8 Å². The van der Waals surface area contributed by atoms with E-state index >= 15 is 0 Å². The van der Waals surface area contributed by atoms with Crippen LogP contribution in [0.25, 0.3) is 0 Å². The van der Waals surface area contributed by atoms with E-state index in [-0.39, 0.29) is 18.9 Å². The van der Waals surface area contributed by atoms with Crippen molar-refractivity contribution in [3.05, 3.63) is 36.5 Å². The Bertz CT molecular complexity index is 993. The van der Waals surface area contributed by atoms with Gasteiger partial charge < -0.3 is 65.1 Å². The van der Waals surface area contributed by atoms with E-state index in [1.54, 1.807) is 0 Å². The van der Waals surface area contributed by atoms with Gasteiger partial charge >= 0.3 is 0 Å². The van der Waals surface area contributed by atoms with Crippen LogP contribution < -0.4 is 5.32 Å². The SMILES string of the molecule is CC/C=C\C/C=C\C/C=C\CCCCCC(=O)NC(COC1OC(CO)C(OC2OC(CO)C(O)C(O)C2O)C(O)C1O)C(O)CCCCC. The highest BCUT2D eigenvalue weighted by Gasteiger charge is 2.50. The molecule has 0 radical (unpaired) electrons. The first-order valence-electron chi connectivity index (χ1n) is 18.2. The van der Waals surface area contributed by atoms with E-state index in [0.717, 1.165) is 57.8 Å². The van der Waals surface area contributed by atoms with Crippen LogP contribution in [-0.4, -0.2) is 140 Å². The summed E-state index contributed by atoms with van der Waals surface area (Å²) >= 11 is 0. The van der Waals surface area contributed by atoms with Gasteiger partial charge in [-0.3, -0.25) is 4.79 Å². The molecule has 0 bridgehead atoms. The molecule has 2 saturated heterocycles. The quantitative estimate of drug-likeness (QED) is 0.0500. The number of unbranched alkanes of at least 4 members (excludes halogenated alkanes) is 5. The van der Waals surface area contributed by atoms with Gasteiger partial charge in [0.2, 0.25) is 5.91 Å². The average molecular weight is 718 g/mol. The molecule has 12 atom stereocenters. The van der Waals surface area contributed by atoms with Crippen LogP contribution in [0.5, 0.6) is 0 Å². The Morgan fingerprint density at radius 3 is 2.04 bits per heavy atom. The molecule has 0 spiro atoms. The maximum atomic E-state index is 12.8. The third-order valence-electron chi connectivity index (χ3n) is 8.87. The molecule has 0 aliphatic carbocycles. The molecule has 14 heteroatoms. The zero-order valence-corrected chi connectivity index (χ0v) is 29.6. The maximum Gasteiger partial charge on any atom is 0.220 e. The summed E-state index contributed by atoms with van der Waals surface area (Å²) in [6.45, 7) is 2.47. The lowest BCUT2D eigenvalue weighted by Gasteiger charge is -2.46. The molecule has 0 aromatic rings. The van der Waals surface area contributed by atoms with Crippen LogP contribution in [0.3, 0.4) is 0 Å². The fraction of sp³-hybridized carbons (Fsp3) is 0.806. The lowest BCUT2D eigenvalue weighted by molar-refractivity contribution is -0.359. The molecule has 2 aliphatic heterocycles. The first kappa shape index (κ1) is 44.4. The van der Waals surface area contributed by atoms with Crippen LogP contribution in [0.1, 0.15) is 90.9 Å². The van der Waals surface area contributed by atoms with Gasteiger partial charge in [-0.1, -0.05) is 76.0 Å². The molecule has 1 amide bonds. The summed E-state index contributed by atoms with van der Waals surface area (Å²) in [6, 6.07) is -0.837. The Hall–Kier alpha value is -1.79. The van der Waals surface area contributed by atoms with Gasteiger partial charge in [0.25, 0.3) is 0 Å². The van der Waals surface area contributed by atoms with Crippen molar-refractivity contribution < 1.29 is 64.6 Å². The summed E-state index contributed by atoms with van der Waals surface area (Å²) in [6.07, 6.45) is 5.67. The third kappa shape index (κ3) is 15.1. The van der Waals surface area contributed by atoms with Crippen molar-refractivity contribution in [3.8, 4) is 0 Å². The third-order valence-corrected chi connectivity index (χ3v) is 8.87. The summed E-state index contributed by atoms with van der Waals surface area (Å²) < 4.78 is 22.4. The van der Waals surface area contributed by atoms with Crippen molar-refractivity contribution in [2.45, 2.75) is 164 Å². The zero-order chi connectivity index (χ0) is 36.9. The molecule has 290 valence electrons. The van der Waals surface area contributed by atoms with Crippen molar-refractivity contribution in [3.63, 3.8) is 0 Å². The minimum absolute atomic E-state index is 0.252. The Kier molecular flexibility index (Phi) is 22.4. The van der Waals surface area contributed by atoms with Crippen LogP contribution in [-0.2, 0) is 23.7 Å². The van der Waals surface area contributed by atoms with Crippen molar-refractivity contribution in [2.24, 2.45) is 0 Å². The predicted octanol–water partition coefficient (Wildman–Crippen LogP) is 0.862. The fourth-order valence-electron chi connectivity index (χ4n) is 5.78. The highest BCUT2D eigenvalue weighted by Crippen LogP contribution is 2.29. The summed E-state index contributed by atoms with van der Waals surface area (Å²) in [4.78, 5) is 12.8. The highest BCUT2D eigenvalue weighted by molar-refractivity contribution is 5.76. The van der Waals surface area contributed by atoms with Crippen LogP contribution in [0.2, 0.25) is 0 Å². The number of ether oxygens (including phenoxy) is 4. The molecule has 2 heterocycles. The largest absolute Gasteiger partial charge is 0.394 e. The van der Waals surface area contributed by atoms with E-state index in [2.05, 4.69) is 48.7 Å². The van der Waals surface area contributed by atoms with Gasteiger partial charge in [-0.15, -0.1) is 0 Å². The number of nitrogens with one attached hydrogen (secondary N) is 1. The number of rotatable bonds is 24. The second-order valence-corrected chi connectivity index (χ2v) is 13.0. The first-order chi connectivity index (χ1) is 24.1. The summed E-state index contributed by atoms with van der Waals surface area (Å²) in [7, 11) is 0. The summed E-state index contributed by atoms with van der Waals surface area (Å²) in [5.74, 6) is -0.252. The van der Waals surface area contributed by atoms with Crippen molar-refractivity contribution in [2.75, 3.05) is 19.8 Å². The summed E-state index contributed by atoms with van der Waals surface area (Å²) in [5, 5.41) is 85.4. The number of aliphatic hydroxyl groups is 8. The van der Waals surface area contributed by atoms with E-state index in [4.69, 9.17) is 18.9 Å². The number of hydrogen-bond donors (Lipinski definition) is 9. The minimum Gasteiger partial charge on any atom is -0.394 e. The molecule has 50 heavy (non-hydrogen) atoms. The second kappa shape index (κ2) is 25.2. The first-order valence-corrected chi connectivity index (χ1v) is 18.2. The standard InChI is InChI=1S/C36H63NO13/c1-3-5-7-8-9-10-11-12-13-14-15-16-18-20-28(41)37-24(25(40)19-17-6-4-2)23-47-35-33(46)31(44)34(27(22-39)49-35)50-36-32(45)30(43)29(42)26(21-38)48-36/h5,7,9-10,12-13,24-27,29-36,38-40,42-46H,3-4,6,8,11,14-23H2,1-2H3,(H,37,41)/b7-5-,10-9-,13-12-. The maximum absolute atomic E-state index is 12.8. The lowest BCUT2D eigenvalue weighted by atomic mass is 9.97. The average Bonchev–Trinajstić information content (AvgIpc) is 3.11. The number of allylic oxidation sites excluding steroid dienone is 6. The molecule has 2 fully saturated rings. The van der Waals surface area contributed by atoms with E-state index in [9.17, 15) is 45.6 Å². The van der Waals surface area contributed by atoms with E-state index < -0.39 is 86.8 Å². The number of amides is 1. The van der Waals surface area contributed by atoms with Crippen LogP contribution >= 0.6 is 0 Å².